The van der Waals surface area contributed by atoms with E-state index in [-0.39, 0.29) is 5.91 Å². The molecule has 1 aromatic heterocycles. The minimum absolute atomic E-state index is 0.101. The van der Waals surface area contributed by atoms with Gasteiger partial charge in [0.05, 0.1) is 0 Å². The van der Waals surface area contributed by atoms with E-state index < -0.39 is 0 Å². The summed E-state index contributed by atoms with van der Waals surface area (Å²) >= 11 is 4.17. The van der Waals surface area contributed by atoms with E-state index in [1.807, 2.05) is 42.5 Å². The number of carbonyl (C=O) groups excluding carboxylic acids is 1. The lowest BCUT2D eigenvalue weighted by Crippen LogP contribution is -2.22. The topological polar surface area (TPSA) is 59.8 Å². The van der Waals surface area contributed by atoms with Crippen molar-refractivity contribution in [3.05, 3.63) is 109 Å². The summed E-state index contributed by atoms with van der Waals surface area (Å²) in [4.78, 5) is 12.0. The molecule has 2 aromatic carbocycles. The number of rotatable bonds is 15. The molecule has 1 heterocycles. The number of nitrogens with zero attached hydrogens (tertiary/aromatic N) is 3. The third kappa shape index (κ3) is 12.0. The fraction of sp³-hybridized carbons (Fsp3) is 0.406. The quantitative estimate of drug-likeness (QED) is 0.128. The van der Waals surface area contributed by atoms with E-state index in [0.29, 0.717) is 24.8 Å². The molecule has 0 fully saturated rings. The maximum atomic E-state index is 12.0. The van der Waals surface area contributed by atoms with Crippen molar-refractivity contribution in [2.75, 3.05) is 5.75 Å². The zero-order valence-corrected chi connectivity index (χ0v) is 24.0. The molecule has 0 aliphatic heterocycles. The first-order valence-corrected chi connectivity index (χ1v) is 14.2. The molecular weight excluding hydrogens is 488 g/mol. The van der Waals surface area contributed by atoms with E-state index in [0.717, 1.165) is 55.8 Å². The average Bonchev–Trinajstić information content (AvgIpc) is 3.41. The third-order valence-corrected chi connectivity index (χ3v) is 7.03. The van der Waals surface area contributed by atoms with Crippen molar-refractivity contribution >= 4 is 18.5 Å². The van der Waals surface area contributed by atoms with Crippen molar-refractivity contribution in [2.45, 2.75) is 65.5 Å². The molecule has 3 aromatic rings. The molecule has 2 unspecified atom stereocenters. The number of nitrogens with one attached hydrogen (secondary N) is 1. The van der Waals surface area contributed by atoms with Crippen LogP contribution in [0.15, 0.2) is 91.8 Å². The summed E-state index contributed by atoms with van der Waals surface area (Å²) in [6.07, 6.45) is 8.94. The Hall–Kier alpha value is -3.12. The summed E-state index contributed by atoms with van der Waals surface area (Å²) < 4.78 is 2.11. The highest BCUT2D eigenvalue weighted by molar-refractivity contribution is 7.80. The van der Waals surface area contributed by atoms with Gasteiger partial charge in [-0.15, -0.1) is 16.8 Å². The predicted octanol–water partition coefficient (Wildman–Crippen LogP) is 6.87. The molecule has 204 valence electrons. The Morgan fingerprint density at radius 2 is 1.66 bits per heavy atom. The Labute approximate surface area is 234 Å². The van der Waals surface area contributed by atoms with Gasteiger partial charge in [0.1, 0.15) is 12.2 Å². The highest BCUT2D eigenvalue weighted by atomic mass is 32.1. The van der Waals surface area contributed by atoms with Crippen molar-refractivity contribution in [1.29, 1.82) is 0 Å². The van der Waals surface area contributed by atoms with Gasteiger partial charge in [-0.3, -0.25) is 4.79 Å². The number of carbonyl (C=O) groups is 1. The number of allylic oxidation sites excluding steroid dienone is 2. The molecule has 0 aliphatic carbocycles. The van der Waals surface area contributed by atoms with E-state index in [4.69, 9.17) is 0 Å². The van der Waals surface area contributed by atoms with Crippen molar-refractivity contribution in [3.8, 4) is 0 Å². The van der Waals surface area contributed by atoms with Crippen LogP contribution in [0.2, 0.25) is 0 Å². The summed E-state index contributed by atoms with van der Waals surface area (Å²) in [5.74, 6) is 3.06. The Balaban J connectivity index is 0.000000391. The van der Waals surface area contributed by atoms with Crippen LogP contribution in [0.3, 0.4) is 0 Å². The number of aromatic nitrogens is 3. The average molecular weight is 533 g/mol. The maximum Gasteiger partial charge on any atom is 0.220 e. The Bertz CT molecular complexity index is 1080. The zero-order valence-electron chi connectivity index (χ0n) is 23.1. The van der Waals surface area contributed by atoms with Gasteiger partial charge in [-0.2, -0.15) is 12.6 Å². The molecular formula is C32H44N4OS. The van der Waals surface area contributed by atoms with E-state index in [1.54, 1.807) is 6.33 Å². The van der Waals surface area contributed by atoms with Gasteiger partial charge in [0.25, 0.3) is 0 Å². The van der Waals surface area contributed by atoms with Crippen LogP contribution in [0.1, 0.15) is 56.5 Å². The van der Waals surface area contributed by atoms with Gasteiger partial charge in [-0.1, -0.05) is 92.7 Å². The summed E-state index contributed by atoms with van der Waals surface area (Å²) in [6, 6.07) is 20.4. The van der Waals surface area contributed by atoms with Crippen molar-refractivity contribution in [2.24, 2.45) is 11.8 Å². The molecule has 0 saturated heterocycles. The van der Waals surface area contributed by atoms with E-state index in [2.05, 4.69) is 84.0 Å². The summed E-state index contributed by atoms with van der Waals surface area (Å²) in [5.41, 5.74) is 3.72. The fourth-order valence-corrected chi connectivity index (χ4v) is 4.24. The number of hydrogen-bond acceptors (Lipinski definition) is 4. The molecule has 38 heavy (non-hydrogen) atoms. The molecule has 0 aliphatic rings. The van der Waals surface area contributed by atoms with E-state index in [9.17, 15) is 4.79 Å². The number of aryl methyl sites for hydroxylation is 3. The number of thiol groups is 1. The lowest BCUT2D eigenvalue weighted by atomic mass is 9.88. The molecule has 3 rings (SSSR count). The highest BCUT2D eigenvalue weighted by Crippen LogP contribution is 2.22. The smallest absolute Gasteiger partial charge is 0.220 e. The molecule has 0 bridgehead atoms. The van der Waals surface area contributed by atoms with Gasteiger partial charge in [-0.25, -0.2) is 0 Å². The second kappa shape index (κ2) is 18.2. The molecule has 2 atom stereocenters. The molecule has 0 spiro atoms. The van der Waals surface area contributed by atoms with Crippen LogP contribution in [0.25, 0.3) is 0 Å². The van der Waals surface area contributed by atoms with Crippen LogP contribution < -0.4 is 5.32 Å². The Morgan fingerprint density at radius 1 is 1.00 bits per heavy atom. The number of hydrogen-bond donors (Lipinski definition) is 2. The predicted molar refractivity (Wildman–Crippen MR) is 162 cm³/mol. The minimum Gasteiger partial charge on any atom is -0.352 e. The van der Waals surface area contributed by atoms with Gasteiger partial charge in [-0.05, 0) is 54.4 Å². The lowest BCUT2D eigenvalue weighted by Gasteiger charge is -2.18. The number of benzene rings is 2. The van der Waals surface area contributed by atoms with Crippen LogP contribution in [-0.4, -0.2) is 26.4 Å². The van der Waals surface area contributed by atoms with E-state index in [1.165, 1.54) is 11.1 Å². The van der Waals surface area contributed by atoms with Crippen LogP contribution in [0, 0.1) is 11.8 Å². The molecule has 6 heteroatoms. The van der Waals surface area contributed by atoms with Crippen molar-refractivity contribution in [1.82, 2.24) is 20.1 Å². The second-order valence-corrected chi connectivity index (χ2v) is 10.1. The number of unbranched alkanes of at least 4 members (excludes halogenated alkanes) is 1. The van der Waals surface area contributed by atoms with Gasteiger partial charge in [0.15, 0.2) is 0 Å². The van der Waals surface area contributed by atoms with Crippen molar-refractivity contribution in [3.63, 3.8) is 0 Å². The number of amides is 1. The second-order valence-electron chi connectivity index (χ2n) is 9.66. The lowest BCUT2D eigenvalue weighted by molar-refractivity contribution is -0.121. The maximum absolute atomic E-state index is 12.0. The van der Waals surface area contributed by atoms with E-state index >= 15 is 0 Å². The highest BCUT2D eigenvalue weighted by Gasteiger charge is 2.11. The first-order valence-electron chi connectivity index (χ1n) is 13.6. The normalized spacial score (nSPS) is 12.1. The Kier molecular flexibility index (Phi) is 14.9. The molecule has 0 radical (unpaired) electrons. The molecule has 1 amide bonds. The van der Waals surface area contributed by atoms with Crippen LogP contribution in [0.4, 0.5) is 0 Å². The van der Waals surface area contributed by atoms with Gasteiger partial charge in [0.2, 0.25) is 5.91 Å². The SMILES string of the molecule is C=CC(C)C(C)C(=C)CCS.O=C(CCCCc1nncn1CCc1ccccc1)NCc1ccccc1. The van der Waals surface area contributed by atoms with Crippen LogP contribution in [-0.2, 0) is 30.7 Å². The van der Waals surface area contributed by atoms with Gasteiger partial charge < -0.3 is 9.88 Å². The summed E-state index contributed by atoms with van der Waals surface area (Å²) in [6.45, 7) is 13.6. The summed E-state index contributed by atoms with van der Waals surface area (Å²) in [5, 5.41) is 11.2. The first kappa shape index (κ1) is 31.1. The third-order valence-electron chi connectivity index (χ3n) is 6.80. The fourth-order valence-electron chi connectivity index (χ4n) is 3.95. The minimum atomic E-state index is 0.101. The first-order chi connectivity index (χ1) is 18.4. The Morgan fingerprint density at radius 3 is 2.29 bits per heavy atom. The van der Waals surface area contributed by atoms with Crippen LogP contribution in [0.5, 0.6) is 0 Å². The van der Waals surface area contributed by atoms with Gasteiger partial charge in [0, 0.05) is 25.9 Å². The molecule has 1 N–H and O–H groups in total. The van der Waals surface area contributed by atoms with Crippen molar-refractivity contribution < 1.29 is 4.79 Å². The standard InChI is InChI=1S/C22H26N4O.C10H18S/c27-22(23-17-20-11-5-2-6-12-20)14-8-7-13-21-25-24-18-26(21)16-15-19-9-3-1-4-10-19;1-5-8(2)10(4)9(3)6-7-11/h1-6,9-12,18H,7-8,13-17H2,(H,23,27);5,8,10-11H,1,3,6-7H2,2,4H3. The molecule has 5 nitrogen and oxygen atoms in total. The largest absolute Gasteiger partial charge is 0.352 e. The summed E-state index contributed by atoms with van der Waals surface area (Å²) in [7, 11) is 0. The molecule has 0 saturated carbocycles. The van der Waals surface area contributed by atoms with Crippen LogP contribution >= 0.6 is 12.6 Å². The monoisotopic (exact) mass is 532 g/mol. The zero-order chi connectivity index (χ0) is 27.6. The van der Waals surface area contributed by atoms with Gasteiger partial charge >= 0.3 is 0 Å².